The Balaban J connectivity index is 2.19. The van der Waals surface area contributed by atoms with Gasteiger partial charge in [0.05, 0.1) is 12.4 Å². The van der Waals surface area contributed by atoms with Crippen LogP contribution in [-0.2, 0) is 5.72 Å². The molecular weight excluding hydrogens is 258 g/mol. The van der Waals surface area contributed by atoms with Crippen LogP contribution < -0.4 is 5.73 Å². The maximum absolute atomic E-state index is 10.5. The van der Waals surface area contributed by atoms with Crippen LogP contribution in [0.15, 0.2) is 6.33 Å². The van der Waals surface area contributed by atoms with Crippen molar-refractivity contribution in [2.24, 2.45) is 0 Å². The van der Waals surface area contributed by atoms with E-state index in [0.717, 1.165) is 0 Å². The maximum Gasteiger partial charge on any atom is 0.226 e. The number of aromatic nitrogens is 4. The number of aliphatic hydroxyl groups excluding tert-OH is 1. The van der Waals surface area contributed by atoms with E-state index in [2.05, 4.69) is 15.0 Å². The van der Waals surface area contributed by atoms with Crippen LogP contribution in [-0.4, -0.2) is 35.8 Å². The van der Waals surface area contributed by atoms with Crippen LogP contribution in [0.3, 0.4) is 0 Å². The lowest BCUT2D eigenvalue weighted by molar-refractivity contribution is -0.0374. The van der Waals surface area contributed by atoms with E-state index >= 15 is 0 Å². The van der Waals surface area contributed by atoms with Gasteiger partial charge in [0.15, 0.2) is 11.5 Å². The summed E-state index contributed by atoms with van der Waals surface area (Å²) in [6.07, 6.45) is 2.12. The number of aliphatic hydroxyl groups is 2. The van der Waals surface area contributed by atoms with Gasteiger partial charge in [0.2, 0.25) is 5.28 Å². The summed E-state index contributed by atoms with van der Waals surface area (Å²) < 4.78 is 1.50. The number of nitrogens with zero attached hydrogens (tertiary/aromatic N) is 4. The second-order valence-corrected chi connectivity index (χ2v) is 4.88. The van der Waals surface area contributed by atoms with E-state index < -0.39 is 11.8 Å². The van der Waals surface area contributed by atoms with Crippen molar-refractivity contribution in [2.75, 3.05) is 5.73 Å². The van der Waals surface area contributed by atoms with Gasteiger partial charge in [0.25, 0.3) is 0 Å². The summed E-state index contributed by atoms with van der Waals surface area (Å²) in [5.41, 5.74) is 5.28. The number of fused-ring (bicyclic) bond motifs is 1. The van der Waals surface area contributed by atoms with Gasteiger partial charge in [0, 0.05) is 6.42 Å². The molecule has 8 heteroatoms. The fraction of sp³-hybridized carbons (Fsp3) is 0.500. The number of hydrogen-bond acceptors (Lipinski definition) is 6. The molecule has 0 amide bonds. The highest BCUT2D eigenvalue weighted by atomic mass is 35.5. The molecule has 2 aromatic heterocycles. The highest BCUT2D eigenvalue weighted by Crippen LogP contribution is 2.36. The monoisotopic (exact) mass is 269 g/mol. The predicted octanol–water partition coefficient (Wildman–Crippen LogP) is 0.252. The standard InChI is InChI=1S/C10H12ClN5O2/c11-9-14-7(12)6-8(15-9)16(4-13-6)10(18)2-1-5(17)3-10/h4-5,17-18H,1-3H2,(H2,12,14,15)/t5-,10-/m1/s1. The number of nitrogens with two attached hydrogens (primary N) is 1. The molecule has 0 spiro atoms. The van der Waals surface area contributed by atoms with Crippen LogP contribution in [0.1, 0.15) is 19.3 Å². The van der Waals surface area contributed by atoms with Crippen molar-refractivity contribution in [2.45, 2.75) is 31.1 Å². The fourth-order valence-electron chi connectivity index (χ4n) is 2.40. The summed E-state index contributed by atoms with van der Waals surface area (Å²) in [5.74, 6) is 0.172. The van der Waals surface area contributed by atoms with Gasteiger partial charge in [-0.3, -0.25) is 4.57 Å². The van der Waals surface area contributed by atoms with Gasteiger partial charge in [-0.15, -0.1) is 0 Å². The van der Waals surface area contributed by atoms with Gasteiger partial charge < -0.3 is 15.9 Å². The molecule has 18 heavy (non-hydrogen) atoms. The van der Waals surface area contributed by atoms with E-state index in [-0.39, 0.29) is 17.5 Å². The minimum absolute atomic E-state index is 0.00361. The highest BCUT2D eigenvalue weighted by molar-refractivity contribution is 6.28. The lowest BCUT2D eigenvalue weighted by Gasteiger charge is -2.24. The molecule has 2 atom stereocenters. The summed E-state index contributed by atoms with van der Waals surface area (Å²) in [7, 11) is 0. The molecule has 3 rings (SSSR count). The number of nitrogen functional groups attached to an aromatic ring is 1. The third-order valence-corrected chi connectivity index (χ3v) is 3.45. The number of hydrogen-bond donors (Lipinski definition) is 3. The number of halogens is 1. The Morgan fingerprint density at radius 2 is 2.28 bits per heavy atom. The maximum atomic E-state index is 10.5. The Bertz CT molecular complexity index is 616. The van der Waals surface area contributed by atoms with Gasteiger partial charge in [-0.2, -0.15) is 9.97 Å². The van der Waals surface area contributed by atoms with Crippen LogP contribution in [0, 0.1) is 0 Å². The number of rotatable bonds is 1. The van der Waals surface area contributed by atoms with Gasteiger partial charge in [0.1, 0.15) is 11.2 Å². The smallest absolute Gasteiger partial charge is 0.226 e. The van der Waals surface area contributed by atoms with E-state index in [0.29, 0.717) is 24.0 Å². The molecule has 1 saturated carbocycles. The molecule has 0 bridgehead atoms. The highest BCUT2D eigenvalue weighted by Gasteiger charge is 2.39. The van der Waals surface area contributed by atoms with Crippen molar-refractivity contribution in [1.29, 1.82) is 0 Å². The summed E-state index contributed by atoms with van der Waals surface area (Å²) in [6, 6.07) is 0. The molecule has 7 nitrogen and oxygen atoms in total. The zero-order valence-electron chi connectivity index (χ0n) is 9.41. The average molecular weight is 270 g/mol. The molecule has 0 unspecified atom stereocenters. The van der Waals surface area contributed by atoms with Gasteiger partial charge >= 0.3 is 0 Å². The van der Waals surface area contributed by atoms with E-state index in [4.69, 9.17) is 17.3 Å². The first-order valence-corrected chi connectivity index (χ1v) is 5.94. The molecule has 2 heterocycles. The lowest BCUT2D eigenvalue weighted by Crippen LogP contribution is -2.30. The van der Waals surface area contributed by atoms with E-state index in [1.165, 1.54) is 10.9 Å². The minimum Gasteiger partial charge on any atom is -0.393 e. The number of imidazole rings is 1. The van der Waals surface area contributed by atoms with Gasteiger partial charge in [-0.05, 0) is 24.4 Å². The van der Waals surface area contributed by atoms with Crippen LogP contribution in [0.2, 0.25) is 5.28 Å². The Hall–Kier alpha value is -1.44. The molecule has 4 N–H and O–H groups in total. The molecule has 0 aromatic carbocycles. The second kappa shape index (κ2) is 3.78. The van der Waals surface area contributed by atoms with Crippen molar-refractivity contribution in [1.82, 2.24) is 19.5 Å². The Labute approximate surface area is 107 Å². The fourth-order valence-corrected chi connectivity index (χ4v) is 2.57. The SMILES string of the molecule is Nc1nc(Cl)nc2c1ncn2[C@@]1(O)CC[C@@H](O)C1. The summed E-state index contributed by atoms with van der Waals surface area (Å²) >= 11 is 5.76. The normalized spacial score (nSPS) is 28.1. The molecule has 2 aromatic rings. The zero-order valence-corrected chi connectivity index (χ0v) is 10.2. The average Bonchev–Trinajstić information content (AvgIpc) is 2.83. The number of anilines is 1. The largest absolute Gasteiger partial charge is 0.393 e. The molecule has 1 aliphatic carbocycles. The zero-order chi connectivity index (χ0) is 12.9. The Kier molecular flexibility index (Phi) is 2.44. The third-order valence-electron chi connectivity index (χ3n) is 3.28. The Morgan fingerprint density at radius 3 is 2.94 bits per heavy atom. The molecule has 96 valence electrons. The third kappa shape index (κ3) is 1.63. The van der Waals surface area contributed by atoms with Crippen LogP contribution >= 0.6 is 11.6 Å². The van der Waals surface area contributed by atoms with E-state index in [9.17, 15) is 10.2 Å². The first-order chi connectivity index (χ1) is 8.49. The van der Waals surface area contributed by atoms with Crippen molar-refractivity contribution < 1.29 is 10.2 Å². The molecule has 0 saturated heterocycles. The van der Waals surface area contributed by atoms with Crippen LogP contribution in [0.5, 0.6) is 0 Å². The van der Waals surface area contributed by atoms with Gasteiger partial charge in [-0.1, -0.05) is 0 Å². The summed E-state index contributed by atoms with van der Waals surface area (Å²) in [5, 5.41) is 20.1. The van der Waals surface area contributed by atoms with E-state index in [1.807, 2.05) is 0 Å². The molecule has 0 radical (unpaired) electrons. The minimum atomic E-state index is -1.20. The van der Waals surface area contributed by atoms with Crippen molar-refractivity contribution in [3.8, 4) is 0 Å². The molecular formula is C10H12ClN5O2. The van der Waals surface area contributed by atoms with Crippen molar-refractivity contribution in [3.05, 3.63) is 11.6 Å². The second-order valence-electron chi connectivity index (χ2n) is 4.54. The van der Waals surface area contributed by atoms with Crippen molar-refractivity contribution >= 4 is 28.6 Å². The Morgan fingerprint density at radius 1 is 1.50 bits per heavy atom. The van der Waals surface area contributed by atoms with Crippen LogP contribution in [0.25, 0.3) is 11.2 Å². The lowest BCUT2D eigenvalue weighted by atomic mass is 10.2. The molecule has 1 fully saturated rings. The summed E-state index contributed by atoms with van der Waals surface area (Å²) in [6.45, 7) is 0. The van der Waals surface area contributed by atoms with Crippen molar-refractivity contribution in [3.63, 3.8) is 0 Å². The summed E-state index contributed by atoms with van der Waals surface area (Å²) in [4.78, 5) is 11.9. The van der Waals surface area contributed by atoms with Gasteiger partial charge in [-0.25, -0.2) is 4.98 Å². The molecule has 0 aliphatic heterocycles. The first-order valence-electron chi connectivity index (χ1n) is 5.56. The molecule has 1 aliphatic rings. The topological polar surface area (TPSA) is 110 Å². The van der Waals surface area contributed by atoms with Crippen LogP contribution in [0.4, 0.5) is 5.82 Å². The first kappa shape index (κ1) is 11.6. The predicted molar refractivity (Wildman–Crippen MR) is 64.8 cm³/mol. The quantitative estimate of drug-likeness (QED) is 0.640. The van der Waals surface area contributed by atoms with E-state index in [1.54, 1.807) is 0 Å².